The number of ether oxygens (including phenoxy) is 1. The van der Waals surface area contributed by atoms with Crippen molar-refractivity contribution < 1.29 is 9.53 Å². The van der Waals surface area contributed by atoms with Crippen LogP contribution in [-0.4, -0.2) is 15.8 Å². The van der Waals surface area contributed by atoms with Crippen LogP contribution in [0.3, 0.4) is 0 Å². The number of aromatic nitrogens is 2. The van der Waals surface area contributed by atoms with E-state index >= 15 is 0 Å². The first-order valence-corrected chi connectivity index (χ1v) is 6.95. The van der Waals surface area contributed by atoms with Crippen LogP contribution in [0.25, 0.3) is 0 Å². The first kappa shape index (κ1) is 15.0. The number of carbonyl (C=O) groups is 1. The van der Waals surface area contributed by atoms with E-state index in [1.165, 1.54) is 4.57 Å². The Hall–Kier alpha value is -2.43. The highest BCUT2D eigenvalue weighted by Crippen LogP contribution is 2.20. The summed E-state index contributed by atoms with van der Waals surface area (Å²) in [6, 6.07) is 8.99. The summed E-state index contributed by atoms with van der Waals surface area (Å²) >= 11 is 0. The summed E-state index contributed by atoms with van der Waals surface area (Å²) in [5.74, 6) is 1.24. The van der Waals surface area contributed by atoms with Gasteiger partial charge in [-0.25, -0.2) is 0 Å². The van der Waals surface area contributed by atoms with Crippen molar-refractivity contribution in [1.29, 1.82) is 0 Å². The molecule has 2 aromatic rings. The van der Waals surface area contributed by atoms with Crippen LogP contribution in [0.5, 0.6) is 11.6 Å². The highest BCUT2D eigenvalue weighted by molar-refractivity contribution is 5.77. The summed E-state index contributed by atoms with van der Waals surface area (Å²) in [6.07, 6.45) is 3.09. The zero-order valence-corrected chi connectivity index (χ0v) is 12.2. The fraction of sp³-hybridized carbons (Fsp3) is 0.312. The topological polar surface area (TPSA) is 61.2 Å². The Labute approximate surface area is 123 Å². The molecule has 0 aliphatic rings. The van der Waals surface area contributed by atoms with E-state index in [-0.39, 0.29) is 17.0 Å². The van der Waals surface area contributed by atoms with E-state index in [1.807, 2.05) is 18.2 Å². The maximum absolute atomic E-state index is 12.2. The molecule has 0 fully saturated rings. The first-order valence-electron chi connectivity index (χ1n) is 6.95. The zero-order chi connectivity index (χ0) is 15.2. The number of para-hydroxylation sites is 1. The lowest BCUT2D eigenvalue weighted by molar-refractivity contribution is 0.111. The maximum atomic E-state index is 12.2. The van der Waals surface area contributed by atoms with Crippen LogP contribution in [0.4, 0.5) is 0 Å². The van der Waals surface area contributed by atoms with Gasteiger partial charge in [0.25, 0.3) is 5.56 Å². The van der Waals surface area contributed by atoms with Crippen molar-refractivity contribution in [3.63, 3.8) is 0 Å². The average molecular weight is 286 g/mol. The van der Waals surface area contributed by atoms with Crippen LogP contribution in [0, 0.1) is 0 Å². The molecule has 0 saturated carbocycles. The molecule has 1 aromatic heterocycles. The number of hydrogen-bond donors (Lipinski definition) is 0. The molecular formula is C16H18N2O3. The second-order valence-electron chi connectivity index (χ2n) is 4.75. The number of benzene rings is 1. The van der Waals surface area contributed by atoms with Gasteiger partial charge in [0, 0.05) is 13.5 Å². The monoisotopic (exact) mass is 286 g/mol. The van der Waals surface area contributed by atoms with E-state index in [9.17, 15) is 9.59 Å². The molecule has 2 rings (SSSR count). The van der Waals surface area contributed by atoms with Gasteiger partial charge >= 0.3 is 0 Å². The number of aryl methyl sites for hydroxylation is 1. The fourth-order valence-electron chi connectivity index (χ4n) is 1.98. The van der Waals surface area contributed by atoms with Gasteiger partial charge in [-0.1, -0.05) is 31.5 Å². The van der Waals surface area contributed by atoms with Gasteiger partial charge in [0.1, 0.15) is 17.1 Å². The van der Waals surface area contributed by atoms with Crippen molar-refractivity contribution in [3.05, 3.63) is 52.1 Å². The third-order valence-electron chi connectivity index (χ3n) is 3.21. The van der Waals surface area contributed by atoms with Gasteiger partial charge in [-0.15, -0.1) is 0 Å². The van der Waals surface area contributed by atoms with Crippen LogP contribution >= 0.6 is 0 Å². The molecule has 0 radical (unpaired) electrons. The van der Waals surface area contributed by atoms with Crippen LogP contribution < -0.4 is 10.3 Å². The Kier molecular flexibility index (Phi) is 4.87. The Balaban J connectivity index is 2.45. The summed E-state index contributed by atoms with van der Waals surface area (Å²) in [5, 5.41) is 0. The standard InChI is InChI=1S/C16H18N2O3/c1-3-4-10-14-17-15(13(11-19)16(20)18(14)2)21-12-8-6-5-7-9-12/h5-9,11H,3-4,10H2,1-2H3. The van der Waals surface area contributed by atoms with Crippen LogP contribution in [-0.2, 0) is 13.5 Å². The second-order valence-corrected chi connectivity index (χ2v) is 4.75. The normalized spacial score (nSPS) is 10.4. The van der Waals surface area contributed by atoms with Crippen LogP contribution in [0.15, 0.2) is 35.1 Å². The van der Waals surface area contributed by atoms with Crippen LogP contribution in [0.2, 0.25) is 0 Å². The summed E-state index contributed by atoms with van der Waals surface area (Å²) in [4.78, 5) is 27.7. The van der Waals surface area contributed by atoms with E-state index in [2.05, 4.69) is 11.9 Å². The van der Waals surface area contributed by atoms with Gasteiger partial charge < -0.3 is 4.74 Å². The number of unbranched alkanes of at least 4 members (excludes halogenated alkanes) is 1. The zero-order valence-electron chi connectivity index (χ0n) is 12.2. The van der Waals surface area contributed by atoms with Gasteiger partial charge in [0.05, 0.1) is 0 Å². The number of hydrogen-bond acceptors (Lipinski definition) is 4. The van der Waals surface area contributed by atoms with Gasteiger partial charge in [0.15, 0.2) is 6.29 Å². The smallest absolute Gasteiger partial charge is 0.267 e. The molecule has 0 N–H and O–H groups in total. The quantitative estimate of drug-likeness (QED) is 0.766. The number of nitrogens with zero attached hydrogens (tertiary/aromatic N) is 2. The molecule has 5 nitrogen and oxygen atoms in total. The second kappa shape index (κ2) is 6.83. The van der Waals surface area contributed by atoms with E-state index in [0.717, 1.165) is 12.8 Å². The molecule has 5 heteroatoms. The molecule has 0 saturated heterocycles. The lowest BCUT2D eigenvalue weighted by Crippen LogP contribution is -2.26. The summed E-state index contributed by atoms with van der Waals surface area (Å²) in [7, 11) is 1.62. The van der Waals surface area contributed by atoms with E-state index in [4.69, 9.17) is 4.74 Å². The maximum Gasteiger partial charge on any atom is 0.267 e. The predicted octanol–water partition coefficient (Wildman–Crippen LogP) is 2.73. The Morgan fingerprint density at radius 2 is 2.00 bits per heavy atom. The molecule has 0 aliphatic carbocycles. The van der Waals surface area contributed by atoms with Gasteiger partial charge in [-0.2, -0.15) is 4.98 Å². The van der Waals surface area contributed by atoms with Crippen molar-refractivity contribution in [2.45, 2.75) is 26.2 Å². The molecule has 0 unspecified atom stereocenters. The van der Waals surface area contributed by atoms with Crippen molar-refractivity contribution in [2.75, 3.05) is 0 Å². The molecule has 1 aromatic carbocycles. The SMILES string of the molecule is CCCCc1nc(Oc2ccccc2)c(C=O)c(=O)n1C. The molecule has 0 amide bonds. The molecule has 0 bridgehead atoms. The van der Waals surface area contributed by atoms with Gasteiger partial charge in [0.2, 0.25) is 5.88 Å². The summed E-state index contributed by atoms with van der Waals surface area (Å²) in [5.41, 5.74) is -0.432. The largest absolute Gasteiger partial charge is 0.438 e. The molecule has 0 atom stereocenters. The van der Waals surface area contributed by atoms with Crippen molar-refractivity contribution in [1.82, 2.24) is 9.55 Å². The highest BCUT2D eigenvalue weighted by Gasteiger charge is 2.15. The number of rotatable bonds is 6. The van der Waals surface area contributed by atoms with Crippen LogP contribution in [0.1, 0.15) is 35.9 Å². The Morgan fingerprint density at radius 3 is 2.62 bits per heavy atom. The number of carbonyl (C=O) groups excluding carboxylic acids is 1. The summed E-state index contributed by atoms with van der Waals surface area (Å²) in [6.45, 7) is 2.07. The van der Waals surface area contributed by atoms with Gasteiger partial charge in [-0.3, -0.25) is 14.2 Å². The minimum atomic E-state index is -0.378. The van der Waals surface area contributed by atoms with Crippen molar-refractivity contribution in [3.8, 4) is 11.6 Å². The third-order valence-corrected chi connectivity index (χ3v) is 3.21. The molecule has 0 aliphatic heterocycles. The molecule has 21 heavy (non-hydrogen) atoms. The number of aldehydes is 1. The third kappa shape index (κ3) is 3.37. The molecule has 1 heterocycles. The fourth-order valence-corrected chi connectivity index (χ4v) is 1.98. The lowest BCUT2D eigenvalue weighted by atomic mass is 10.2. The van der Waals surface area contributed by atoms with E-state index < -0.39 is 0 Å². The van der Waals surface area contributed by atoms with Crippen molar-refractivity contribution >= 4 is 6.29 Å². The summed E-state index contributed by atoms with van der Waals surface area (Å²) < 4.78 is 7.02. The Morgan fingerprint density at radius 1 is 1.29 bits per heavy atom. The molecule has 0 spiro atoms. The molecule has 110 valence electrons. The predicted molar refractivity (Wildman–Crippen MR) is 80.0 cm³/mol. The molecular weight excluding hydrogens is 268 g/mol. The minimum Gasteiger partial charge on any atom is -0.438 e. The van der Waals surface area contributed by atoms with E-state index in [1.54, 1.807) is 19.2 Å². The lowest BCUT2D eigenvalue weighted by Gasteiger charge is -2.12. The average Bonchev–Trinajstić information content (AvgIpc) is 2.51. The van der Waals surface area contributed by atoms with E-state index in [0.29, 0.717) is 24.3 Å². The first-order chi connectivity index (χ1) is 10.2. The Bertz CT molecular complexity index is 678. The highest BCUT2D eigenvalue weighted by atomic mass is 16.5. The van der Waals surface area contributed by atoms with Crippen molar-refractivity contribution in [2.24, 2.45) is 7.05 Å². The van der Waals surface area contributed by atoms with Gasteiger partial charge in [-0.05, 0) is 18.6 Å². The minimum absolute atomic E-state index is 0.0541.